The van der Waals surface area contributed by atoms with Gasteiger partial charge in [0.25, 0.3) is 0 Å². The summed E-state index contributed by atoms with van der Waals surface area (Å²) in [6, 6.07) is 11.3. The van der Waals surface area contributed by atoms with Gasteiger partial charge in [-0.15, -0.1) is 0 Å². The molecule has 1 aliphatic carbocycles. The van der Waals surface area contributed by atoms with Crippen molar-refractivity contribution in [3.63, 3.8) is 0 Å². The van der Waals surface area contributed by atoms with Crippen LogP contribution in [0.1, 0.15) is 50.7 Å². The number of halogens is 1. The monoisotopic (exact) mass is 302 g/mol. The van der Waals surface area contributed by atoms with Crippen molar-refractivity contribution in [3.05, 3.63) is 48.0 Å². The van der Waals surface area contributed by atoms with Crippen LogP contribution in [0.5, 0.6) is 0 Å². The maximum absolute atomic E-state index is 13.8. The fraction of sp³-hybridized carbons (Fsp3) is 0.474. The molecule has 0 radical (unpaired) electrons. The first kappa shape index (κ1) is 15.3. The van der Waals surface area contributed by atoms with E-state index in [1.807, 2.05) is 18.2 Å². The van der Waals surface area contributed by atoms with Crippen molar-refractivity contribution < 1.29 is 14.1 Å². The predicted molar refractivity (Wildman–Crippen MR) is 85.8 cm³/mol. The average molecular weight is 302 g/mol. The van der Waals surface area contributed by atoms with Crippen molar-refractivity contribution in [1.82, 2.24) is 0 Å². The highest BCUT2D eigenvalue weighted by atomic mass is 19.1. The zero-order valence-electron chi connectivity index (χ0n) is 13.1. The SMILES string of the molecule is Fc1ccccc1-c1ccc(C[NH2+]C2CCCCCCC2)o1. The molecule has 2 nitrogen and oxygen atoms in total. The lowest BCUT2D eigenvalue weighted by atomic mass is 9.97. The molecule has 0 amide bonds. The number of rotatable bonds is 4. The molecule has 1 saturated carbocycles. The van der Waals surface area contributed by atoms with Crippen LogP contribution in [0.25, 0.3) is 11.3 Å². The molecule has 1 aromatic heterocycles. The van der Waals surface area contributed by atoms with Crippen molar-refractivity contribution in [2.24, 2.45) is 0 Å². The third-order valence-electron chi connectivity index (χ3n) is 4.60. The van der Waals surface area contributed by atoms with Crippen LogP contribution < -0.4 is 5.32 Å². The molecule has 0 saturated heterocycles. The van der Waals surface area contributed by atoms with Gasteiger partial charge < -0.3 is 9.73 Å². The van der Waals surface area contributed by atoms with Gasteiger partial charge in [0.2, 0.25) is 0 Å². The lowest BCUT2D eigenvalue weighted by molar-refractivity contribution is -0.707. The first-order valence-electron chi connectivity index (χ1n) is 8.50. The fourth-order valence-electron chi connectivity index (χ4n) is 3.30. The number of furan rings is 1. The Balaban J connectivity index is 1.58. The van der Waals surface area contributed by atoms with E-state index in [-0.39, 0.29) is 5.82 Å². The second-order valence-electron chi connectivity index (χ2n) is 6.29. The summed E-state index contributed by atoms with van der Waals surface area (Å²) in [5.74, 6) is 1.33. The molecule has 2 aromatic rings. The Labute approximate surface area is 131 Å². The number of hydrogen-bond donors (Lipinski definition) is 1. The molecule has 0 aliphatic heterocycles. The van der Waals surface area contributed by atoms with E-state index in [2.05, 4.69) is 5.32 Å². The van der Waals surface area contributed by atoms with Crippen LogP contribution in [0.2, 0.25) is 0 Å². The van der Waals surface area contributed by atoms with Crippen molar-refractivity contribution in [2.75, 3.05) is 0 Å². The van der Waals surface area contributed by atoms with Crippen molar-refractivity contribution in [1.29, 1.82) is 0 Å². The summed E-state index contributed by atoms with van der Waals surface area (Å²) in [7, 11) is 0. The molecule has 3 heteroatoms. The van der Waals surface area contributed by atoms with E-state index < -0.39 is 0 Å². The largest absolute Gasteiger partial charge is 0.455 e. The Morgan fingerprint density at radius 1 is 0.955 bits per heavy atom. The van der Waals surface area contributed by atoms with Gasteiger partial charge in [-0.25, -0.2) is 4.39 Å². The third kappa shape index (κ3) is 3.98. The van der Waals surface area contributed by atoms with Gasteiger partial charge in [-0.2, -0.15) is 0 Å². The highest BCUT2D eigenvalue weighted by molar-refractivity contribution is 5.58. The van der Waals surface area contributed by atoms with Gasteiger partial charge in [0.05, 0.1) is 11.6 Å². The summed E-state index contributed by atoms with van der Waals surface area (Å²) in [5.41, 5.74) is 0.541. The molecular formula is C19H25FNO+. The Bertz CT molecular complexity index is 585. The van der Waals surface area contributed by atoms with Crippen LogP contribution in [0, 0.1) is 5.82 Å². The van der Waals surface area contributed by atoms with Crippen LogP contribution in [-0.2, 0) is 6.54 Å². The number of nitrogens with two attached hydrogens (primary N) is 1. The van der Waals surface area contributed by atoms with Gasteiger partial charge in [0.15, 0.2) is 5.76 Å². The van der Waals surface area contributed by atoms with Gasteiger partial charge in [0, 0.05) is 0 Å². The summed E-state index contributed by atoms with van der Waals surface area (Å²) in [6.45, 7) is 0.846. The van der Waals surface area contributed by atoms with Crippen LogP contribution in [0.4, 0.5) is 4.39 Å². The molecule has 118 valence electrons. The first-order chi connectivity index (χ1) is 10.8. The Morgan fingerprint density at radius 3 is 2.45 bits per heavy atom. The Hall–Kier alpha value is -1.61. The number of hydrogen-bond acceptors (Lipinski definition) is 1. The minimum absolute atomic E-state index is 0.229. The molecule has 1 aromatic carbocycles. The minimum Gasteiger partial charge on any atom is -0.455 e. The van der Waals surface area contributed by atoms with E-state index in [0.29, 0.717) is 17.4 Å². The molecule has 0 unspecified atom stereocenters. The lowest BCUT2D eigenvalue weighted by Gasteiger charge is -2.17. The molecule has 1 aliphatic rings. The van der Waals surface area contributed by atoms with Crippen LogP contribution in [0.3, 0.4) is 0 Å². The molecule has 2 N–H and O–H groups in total. The molecule has 1 heterocycles. The second-order valence-corrected chi connectivity index (χ2v) is 6.29. The van der Waals surface area contributed by atoms with E-state index in [9.17, 15) is 4.39 Å². The number of benzene rings is 1. The maximum atomic E-state index is 13.8. The number of quaternary nitrogens is 1. The van der Waals surface area contributed by atoms with Gasteiger partial charge in [-0.1, -0.05) is 31.4 Å². The van der Waals surface area contributed by atoms with Crippen LogP contribution in [0.15, 0.2) is 40.8 Å². The molecule has 0 atom stereocenters. The zero-order chi connectivity index (χ0) is 15.2. The van der Waals surface area contributed by atoms with Crippen molar-refractivity contribution >= 4 is 0 Å². The molecule has 1 fully saturated rings. The van der Waals surface area contributed by atoms with Crippen molar-refractivity contribution in [3.8, 4) is 11.3 Å². The Kier molecular flexibility index (Phi) is 5.28. The van der Waals surface area contributed by atoms with Gasteiger partial charge in [-0.05, 0) is 49.9 Å². The van der Waals surface area contributed by atoms with Crippen molar-refractivity contribution in [2.45, 2.75) is 57.5 Å². The predicted octanol–water partition coefficient (Wildman–Crippen LogP) is 4.26. The van der Waals surface area contributed by atoms with E-state index in [1.165, 1.54) is 51.0 Å². The zero-order valence-corrected chi connectivity index (χ0v) is 13.1. The van der Waals surface area contributed by atoms with E-state index in [1.54, 1.807) is 12.1 Å². The van der Waals surface area contributed by atoms with E-state index in [0.717, 1.165) is 12.3 Å². The van der Waals surface area contributed by atoms with Gasteiger partial charge in [-0.3, -0.25) is 0 Å². The summed E-state index contributed by atoms with van der Waals surface area (Å²) < 4.78 is 19.6. The summed E-state index contributed by atoms with van der Waals surface area (Å²) in [4.78, 5) is 0. The Morgan fingerprint density at radius 2 is 1.68 bits per heavy atom. The molecule has 0 bridgehead atoms. The molecular weight excluding hydrogens is 277 g/mol. The van der Waals surface area contributed by atoms with E-state index in [4.69, 9.17) is 4.42 Å². The smallest absolute Gasteiger partial charge is 0.158 e. The summed E-state index contributed by atoms with van der Waals surface area (Å²) >= 11 is 0. The van der Waals surface area contributed by atoms with Gasteiger partial charge >= 0.3 is 0 Å². The van der Waals surface area contributed by atoms with E-state index >= 15 is 0 Å². The first-order valence-corrected chi connectivity index (χ1v) is 8.50. The average Bonchev–Trinajstić information content (AvgIpc) is 2.95. The summed E-state index contributed by atoms with van der Waals surface area (Å²) in [6.07, 6.45) is 9.46. The standard InChI is InChI=1S/C19H24FNO/c20-18-11-7-6-10-17(18)19-13-12-16(22-19)14-21-15-8-4-2-1-3-5-9-15/h6-7,10-13,15,21H,1-5,8-9,14H2/p+1. The maximum Gasteiger partial charge on any atom is 0.158 e. The highest BCUT2D eigenvalue weighted by Crippen LogP contribution is 2.24. The second kappa shape index (κ2) is 7.59. The molecule has 0 spiro atoms. The van der Waals surface area contributed by atoms with Crippen LogP contribution in [-0.4, -0.2) is 6.04 Å². The normalized spacial score (nSPS) is 17.1. The lowest BCUT2D eigenvalue weighted by Crippen LogP contribution is -2.88. The fourth-order valence-corrected chi connectivity index (χ4v) is 3.30. The quantitative estimate of drug-likeness (QED) is 0.898. The highest BCUT2D eigenvalue weighted by Gasteiger charge is 2.15. The minimum atomic E-state index is -0.229. The van der Waals surface area contributed by atoms with Gasteiger partial charge in [0.1, 0.15) is 18.1 Å². The molecule has 3 rings (SSSR count). The van der Waals surface area contributed by atoms with Crippen LogP contribution >= 0.6 is 0 Å². The third-order valence-corrected chi connectivity index (χ3v) is 4.60. The molecule has 22 heavy (non-hydrogen) atoms. The summed E-state index contributed by atoms with van der Waals surface area (Å²) in [5, 5.41) is 2.40. The topological polar surface area (TPSA) is 29.8 Å².